The largest absolute Gasteiger partial charge is 0.324 e. The molecule has 0 amide bonds. The Labute approximate surface area is 219 Å². The minimum Gasteiger partial charge on any atom is -0.324 e. The van der Waals surface area contributed by atoms with Crippen LogP contribution in [0.15, 0.2) is 40.9 Å². The van der Waals surface area contributed by atoms with Gasteiger partial charge in [0.15, 0.2) is 11.6 Å². The number of nitriles is 1. The van der Waals surface area contributed by atoms with Gasteiger partial charge in [-0.3, -0.25) is 0 Å². The van der Waals surface area contributed by atoms with Gasteiger partial charge in [0.2, 0.25) is 5.95 Å². The number of rotatable bonds is 6. The highest BCUT2D eigenvalue weighted by molar-refractivity contribution is 7.92. The predicted molar refractivity (Wildman–Crippen MR) is 150 cm³/mol. The Bertz CT molecular complexity index is 1490. The lowest BCUT2D eigenvalue weighted by molar-refractivity contribution is 0.234. The fraction of sp³-hybridized carbons (Fsp3) is 0.407. The molecule has 9 nitrogen and oxygen atoms in total. The molecule has 2 N–H and O–H groups in total. The van der Waals surface area contributed by atoms with Crippen molar-refractivity contribution in [2.24, 2.45) is 4.36 Å². The van der Waals surface area contributed by atoms with Crippen LogP contribution in [0.4, 0.5) is 29.1 Å². The van der Waals surface area contributed by atoms with Gasteiger partial charge in [-0.2, -0.15) is 14.6 Å². The third-order valence-corrected chi connectivity index (χ3v) is 6.74. The van der Waals surface area contributed by atoms with Gasteiger partial charge in [0.05, 0.1) is 6.20 Å². The summed E-state index contributed by atoms with van der Waals surface area (Å²) < 4.78 is 16.2. The van der Waals surface area contributed by atoms with Crippen LogP contribution in [-0.4, -0.2) is 50.2 Å². The first-order valence-corrected chi connectivity index (χ1v) is 14.5. The Morgan fingerprint density at radius 2 is 1.95 bits per heavy atom. The number of hydrogen-bond donors (Lipinski definition) is 2. The summed E-state index contributed by atoms with van der Waals surface area (Å²) in [6.07, 6.45) is 4.58. The van der Waals surface area contributed by atoms with E-state index in [-0.39, 0.29) is 11.0 Å². The molecule has 3 heterocycles. The molecule has 0 radical (unpaired) electrons. The Morgan fingerprint density at radius 1 is 1.19 bits per heavy atom. The van der Waals surface area contributed by atoms with E-state index in [1.54, 1.807) is 30.7 Å². The van der Waals surface area contributed by atoms with Crippen LogP contribution in [0.2, 0.25) is 0 Å². The minimum atomic E-state index is -2.35. The summed E-state index contributed by atoms with van der Waals surface area (Å²) in [5, 5.41) is 16.0. The van der Waals surface area contributed by atoms with Crippen molar-refractivity contribution in [3.8, 4) is 6.07 Å². The number of nitrogens with zero attached hydrogens (tertiary/aromatic N) is 6. The second-order valence-corrected chi connectivity index (χ2v) is 13.3. The molecule has 1 aliphatic heterocycles. The van der Waals surface area contributed by atoms with Gasteiger partial charge in [0.25, 0.3) is 0 Å². The van der Waals surface area contributed by atoms with Crippen LogP contribution in [0.5, 0.6) is 0 Å². The van der Waals surface area contributed by atoms with Gasteiger partial charge in [-0.25, -0.2) is 14.2 Å². The van der Waals surface area contributed by atoms with E-state index in [9.17, 15) is 9.47 Å². The van der Waals surface area contributed by atoms with Crippen molar-refractivity contribution in [1.82, 2.24) is 19.9 Å². The highest BCUT2D eigenvalue weighted by atomic mass is 32.2. The molecule has 0 bridgehead atoms. The number of hydrogen-bond acceptors (Lipinski definition) is 9. The number of aromatic nitrogens is 3. The lowest BCUT2D eigenvalue weighted by atomic mass is 9.73. The molecular formula is C27H34N8OS. The topological polar surface area (TPSA) is 119 Å². The third kappa shape index (κ3) is 6.24. The van der Waals surface area contributed by atoms with Crippen LogP contribution in [-0.2, 0) is 21.7 Å². The molecule has 37 heavy (non-hydrogen) atoms. The molecular weight excluding hydrogens is 484 g/mol. The summed E-state index contributed by atoms with van der Waals surface area (Å²) in [6.45, 7) is 10.9. The summed E-state index contributed by atoms with van der Waals surface area (Å²) >= 11 is 0. The fourth-order valence-corrected chi connectivity index (χ4v) is 5.50. The number of likely N-dealkylation sites (N-methyl/N-ethyl adjacent to an activating group) is 1. The molecule has 3 aromatic rings. The van der Waals surface area contributed by atoms with Crippen molar-refractivity contribution in [3.63, 3.8) is 0 Å². The van der Waals surface area contributed by atoms with Gasteiger partial charge in [0.1, 0.15) is 17.5 Å². The van der Waals surface area contributed by atoms with E-state index < -0.39 is 9.73 Å². The minimum absolute atomic E-state index is 0.0547. The van der Waals surface area contributed by atoms with Crippen molar-refractivity contribution in [3.05, 3.63) is 58.8 Å². The maximum atomic E-state index is 12.1. The van der Waals surface area contributed by atoms with Gasteiger partial charge >= 0.3 is 0 Å². The molecule has 4 rings (SSSR count). The lowest BCUT2D eigenvalue weighted by Crippen LogP contribution is -2.41. The van der Waals surface area contributed by atoms with Crippen molar-refractivity contribution in [2.75, 3.05) is 36.7 Å². The standard InChI is InChI=1S/C27H34N8OS/c1-17(2)21-12-20(11-18-15-35(5)16-27(3,4)24(18)21)30-26-29-14-19(13-28)25(33-26)32-22-9-8-10-23(31-22)34-37(6,7)36/h8-12,14,17H,15-16H2,1-7H3,(H2,29,30,31,32,33). The molecule has 0 saturated carbocycles. The average molecular weight is 519 g/mol. The lowest BCUT2D eigenvalue weighted by Gasteiger charge is -2.40. The van der Waals surface area contributed by atoms with Gasteiger partial charge in [-0.1, -0.05) is 33.8 Å². The SMILES string of the molecule is CC(C)c1cc(Nc2ncc(C#N)c(Nc3cccc(N=S(C)(C)=O)n3)n2)cc2c1C(C)(C)CN(C)C2. The molecule has 0 aliphatic carbocycles. The zero-order chi connectivity index (χ0) is 27.0. The maximum Gasteiger partial charge on any atom is 0.229 e. The molecule has 0 saturated heterocycles. The van der Waals surface area contributed by atoms with Crippen molar-refractivity contribution in [2.45, 2.75) is 45.6 Å². The average Bonchev–Trinajstić information content (AvgIpc) is 2.77. The summed E-state index contributed by atoms with van der Waals surface area (Å²) in [5.41, 5.74) is 5.28. The third-order valence-electron chi connectivity index (χ3n) is 6.11. The highest BCUT2D eigenvalue weighted by Crippen LogP contribution is 2.40. The number of pyridine rings is 1. The summed E-state index contributed by atoms with van der Waals surface area (Å²) in [7, 11) is -0.205. The van der Waals surface area contributed by atoms with E-state index in [1.807, 2.05) is 0 Å². The van der Waals surface area contributed by atoms with E-state index in [4.69, 9.17) is 0 Å². The van der Waals surface area contributed by atoms with Gasteiger partial charge in [-0.05, 0) is 53.9 Å². The molecule has 194 valence electrons. The first-order valence-electron chi connectivity index (χ1n) is 12.2. The van der Waals surface area contributed by atoms with Crippen LogP contribution >= 0.6 is 0 Å². The highest BCUT2D eigenvalue weighted by Gasteiger charge is 2.33. The first kappa shape index (κ1) is 26.5. The molecule has 0 atom stereocenters. The van der Waals surface area contributed by atoms with Gasteiger partial charge in [-0.15, -0.1) is 0 Å². The molecule has 10 heteroatoms. The molecule has 1 aromatic carbocycles. The van der Waals surface area contributed by atoms with Crippen molar-refractivity contribution < 1.29 is 4.21 Å². The monoisotopic (exact) mass is 518 g/mol. The second-order valence-electron chi connectivity index (χ2n) is 10.8. The smallest absolute Gasteiger partial charge is 0.229 e. The van der Waals surface area contributed by atoms with Crippen molar-refractivity contribution >= 4 is 38.8 Å². The number of benzene rings is 1. The van der Waals surface area contributed by atoms with Gasteiger partial charge in [0, 0.05) is 46.4 Å². The van der Waals surface area contributed by atoms with E-state index in [1.165, 1.54) is 22.9 Å². The Balaban J connectivity index is 1.68. The first-order chi connectivity index (χ1) is 17.3. The quantitative estimate of drug-likeness (QED) is 0.443. The molecule has 2 aromatic heterocycles. The van der Waals surface area contributed by atoms with Gasteiger partial charge < -0.3 is 15.5 Å². The van der Waals surface area contributed by atoms with Crippen LogP contribution < -0.4 is 10.6 Å². The molecule has 0 spiro atoms. The van der Waals surface area contributed by atoms with E-state index >= 15 is 0 Å². The maximum absolute atomic E-state index is 12.1. The van der Waals surface area contributed by atoms with E-state index in [2.05, 4.69) is 87.8 Å². The van der Waals surface area contributed by atoms with Crippen LogP contribution in [0.25, 0.3) is 0 Å². The van der Waals surface area contributed by atoms with Crippen LogP contribution in [0, 0.1) is 11.3 Å². The summed E-state index contributed by atoms with van der Waals surface area (Å²) in [5.74, 6) is 1.83. The van der Waals surface area contributed by atoms with Crippen molar-refractivity contribution in [1.29, 1.82) is 5.26 Å². The fourth-order valence-electron chi connectivity index (χ4n) is 4.94. The number of nitrogens with one attached hydrogen (secondary N) is 2. The number of anilines is 4. The normalized spacial score (nSPS) is 15.1. The Morgan fingerprint density at radius 3 is 2.62 bits per heavy atom. The van der Waals surface area contributed by atoms with E-state index in [0.717, 1.165) is 18.8 Å². The summed E-state index contributed by atoms with van der Waals surface area (Å²) in [4.78, 5) is 15.7. The van der Waals surface area contributed by atoms with Crippen LogP contribution in [0.3, 0.4) is 0 Å². The van der Waals surface area contributed by atoms with E-state index in [0.29, 0.717) is 29.3 Å². The Kier molecular flexibility index (Phi) is 7.22. The van der Waals surface area contributed by atoms with Crippen LogP contribution in [0.1, 0.15) is 55.9 Å². The number of fused-ring (bicyclic) bond motifs is 1. The zero-order valence-corrected chi connectivity index (χ0v) is 23.3. The predicted octanol–water partition coefficient (Wildman–Crippen LogP) is 5.44. The second kappa shape index (κ2) is 10.1. The molecule has 1 aliphatic rings. The molecule has 0 unspecified atom stereocenters. The summed E-state index contributed by atoms with van der Waals surface area (Å²) in [6, 6.07) is 11.6. The zero-order valence-electron chi connectivity index (χ0n) is 22.5. The Hall–Kier alpha value is -3.55. The molecule has 0 fully saturated rings.